The SMILES string of the molecule is CC(O)CNc1cc(Br)ccc1C(=O)N(C)C. The molecule has 1 rings (SSSR count). The summed E-state index contributed by atoms with van der Waals surface area (Å²) in [6.07, 6.45) is -0.462. The summed E-state index contributed by atoms with van der Waals surface area (Å²) in [5, 5.41) is 12.3. The van der Waals surface area contributed by atoms with E-state index < -0.39 is 6.10 Å². The molecule has 0 saturated carbocycles. The fourth-order valence-electron chi connectivity index (χ4n) is 1.35. The van der Waals surface area contributed by atoms with Gasteiger partial charge in [0, 0.05) is 30.8 Å². The standard InChI is InChI=1S/C12H17BrN2O2/c1-8(16)7-14-11-6-9(13)4-5-10(11)12(17)15(2)3/h4-6,8,14,16H,7H2,1-3H3. The number of rotatable bonds is 4. The van der Waals surface area contributed by atoms with Gasteiger partial charge in [0.15, 0.2) is 0 Å². The highest BCUT2D eigenvalue weighted by molar-refractivity contribution is 9.10. The van der Waals surface area contributed by atoms with E-state index in [1.54, 1.807) is 27.1 Å². The van der Waals surface area contributed by atoms with Crippen molar-refractivity contribution in [3.8, 4) is 0 Å². The molecule has 1 atom stereocenters. The molecule has 0 saturated heterocycles. The van der Waals surface area contributed by atoms with Gasteiger partial charge in [0.05, 0.1) is 11.7 Å². The number of aliphatic hydroxyl groups excluding tert-OH is 1. The fourth-order valence-corrected chi connectivity index (χ4v) is 1.71. The van der Waals surface area contributed by atoms with E-state index in [-0.39, 0.29) is 5.91 Å². The number of carbonyl (C=O) groups excluding carboxylic acids is 1. The molecule has 1 unspecified atom stereocenters. The highest BCUT2D eigenvalue weighted by Gasteiger charge is 2.13. The van der Waals surface area contributed by atoms with Gasteiger partial charge in [-0.1, -0.05) is 15.9 Å². The van der Waals surface area contributed by atoms with Crippen molar-refractivity contribution in [2.75, 3.05) is 26.0 Å². The average molecular weight is 301 g/mol. The Labute approximate surface area is 110 Å². The van der Waals surface area contributed by atoms with Crippen LogP contribution in [0.2, 0.25) is 0 Å². The summed E-state index contributed by atoms with van der Waals surface area (Å²) >= 11 is 3.36. The number of anilines is 1. The molecular formula is C12H17BrN2O2. The largest absolute Gasteiger partial charge is 0.392 e. The van der Waals surface area contributed by atoms with Crippen molar-refractivity contribution in [1.82, 2.24) is 4.90 Å². The third-order valence-electron chi connectivity index (χ3n) is 2.21. The number of amides is 1. The third kappa shape index (κ3) is 4.02. The smallest absolute Gasteiger partial charge is 0.255 e. The molecule has 0 aliphatic rings. The lowest BCUT2D eigenvalue weighted by molar-refractivity contribution is 0.0828. The molecule has 5 heteroatoms. The van der Waals surface area contributed by atoms with Crippen LogP contribution in [0, 0.1) is 0 Å². The molecule has 0 aliphatic heterocycles. The summed E-state index contributed by atoms with van der Waals surface area (Å²) in [6.45, 7) is 2.10. The van der Waals surface area contributed by atoms with Gasteiger partial charge in [-0.3, -0.25) is 4.79 Å². The van der Waals surface area contributed by atoms with Gasteiger partial charge in [0.2, 0.25) is 0 Å². The molecule has 17 heavy (non-hydrogen) atoms. The number of aliphatic hydroxyl groups is 1. The van der Waals surface area contributed by atoms with E-state index in [1.807, 2.05) is 12.1 Å². The summed E-state index contributed by atoms with van der Waals surface area (Å²) in [7, 11) is 3.42. The van der Waals surface area contributed by atoms with Gasteiger partial charge in [-0.05, 0) is 25.1 Å². The van der Waals surface area contributed by atoms with Crippen molar-refractivity contribution >= 4 is 27.5 Å². The first-order valence-electron chi connectivity index (χ1n) is 5.35. The van der Waals surface area contributed by atoms with Crippen LogP contribution in [0.3, 0.4) is 0 Å². The molecular weight excluding hydrogens is 284 g/mol. The molecule has 0 fully saturated rings. The van der Waals surface area contributed by atoms with Gasteiger partial charge in [-0.25, -0.2) is 0 Å². The second kappa shape index (κ2) is 6.02. The third-order valence-corrected chi connectivity index (χ3v) is 2.70. The zero-order chi connectivity index (χ0) is 13.0. The maximum atomic E-state index is 11.9. The van der Waals surface area contributed by atoms with Crippen molar-refractivity contribution in [1.29, 1.82) is 0 Å². The maximum Gasteiger partial charge on any atom is 0.255 e. The molecule has 0 heterocycles. The van der Waals surface area contributed by atoms with Gasteiger partial charge >= 0.3 is 0 Å². The van der Waals surface area contributed by atoms with E-state index in [1.165, 1.54) is 4.90 Å². The molecule has 94 valence electrons. The Morgan fingerprint density at radius 1 is 1.53 bits per heavy atom. The Kier molecular flexibility index (Phi) is 4.96. The highest BCUT2D eigenvalue weighted by Crippen LogP contribution is 2.22. The fraction of sp³-hybridized carbons (Fsp3) is 0.417. The Bertz CT molecular complexity index is 405. The lowest BCUT2D eigenvalue weighted by Gasteiger charge is -2.16. The molecule has 1 aromatic rings. The molecule has 0 aliphatic carbocycles. The predicted molar refractivity (Wildman–Crippen MR) is 72.3 cm³/mol. The molecule has 0 radical (unpaired) electrons. The molecule has 0 bridgehead atoms. The van der Waals surface area contributed by atoms with Crippen LogP contribution in [0.5, 0.6) is 0 Å². The second-order valence-electron chi connectivity index (χ2n) is 4.12. The van der Waals surface area contributed by atoms with Crippen molar-refractivity contribution in [3.63, 3.8) is 0 Å². The minimum atomic E-state index is -0.462. The predicted octanol–water partition coefficient (Wildman–Crippen LogP) is 1.94. The monoisotopic (exact) mass is 300 g/mol. The number of nitrogens with one attached hydrogen (secondary N) is 1. The summed E-state index contributed by atoms with van der Waals surface area (Å²) in [6, 6.07) is 5.42. The van der Waals surface area contributed by atoms with Crippen molar-refractivity contribution in [2.45, 2.75) is 13.0 Å². The Hall–Kier alpha value is -1.07. The Morgan fingerprint density at radius 3 is 2.71 bits per heavy atom. The van der Waals surface area contributed by atoms with Crippen molar-refractivity contribution in [2.24, 2.45) is 0 Å². The van der Waals surface area contributed by atoms with Crippen LogP contribution in [-0.2, 0) is 0 Å². The van der Waals surface area contributed by atoms with Crippen LogP contribution in [0.15, 0.2) is 22.7 Å². The summed E-state index contributed by atoms with van der Waals surface area (Å²) < 4.78 is 0.890. The van der Waals surface area contributed by atoms with Crippen LogP contribution in [0.4, 0.5) is 5.69 Å². The van der Waals surface area contributed by atoms with E-state index in [2.05, 4.69) is 21.2 Å². The number of hydrogen-bond acceptors (Lipinski definition) is 3. The Morgan fingerprint density at radius 2 is 2.18 bits per heavy atom. The van der Waals surface area contributed by atoms with E-state index in [4.69, 9.17) is 0 Å². The quantitative estimate of drug-likeness (QED) is 0.893. The van der Waals surface area contributed by atoms with Gasteiger partial charge in [0.25, 0.3) is 5.91 Å². The number of benzene rings is 1. The second-order valence-corrected chi connectivity index (χ2v) is 5.04. The molecule has 0 aromatic heterocycles. The summed E-state index contributed by atoms with van der Waals surface area (Å²) in [5.41, 5.74) is 1.32. The minimum Gasteiger partial charge on any atom is -0.392 e. The van der Waals surface area contributed by atoms with Crippen LogP contribution in [0.25, 0.3) is 0 Å². The highest BCUT2D eigenvalue weighted by atomic mass is 79.9. The zero-order valence-corrected chi connectivity index (χ0v) is 11.8. The van der Waals surface area contributed by atoms with Gasteiger partial charge < -0.3 is 15.3 Å². The lowest BCUT2D eigenvalue weighted by atomic mass is 10.1. The maximum absolute atomic E-state index is 11.9. The molecule has 2 N–H and O–H groups in total. The first kappa shape index (κ1) is 14.0. The van der Waals surface area contributed by atoms with Crippen molar-refractivity contribution in [3.05, 3.63) is 28.2 Å². The molecule has 1 aromatic carbocycles. The number of halogens is 1. The summed E-state index contributed by atoms with van der Waals surface area (Å²) in [5.74, 6) is -0.0643. The van der Waals surface area contributed by atoms with Gasteiger partial charge in [0.1, 0.15) is 0 Å². The topological polar surface area (TPSA) is 52.6 Å². The first-order valence-corrected chi connectivity index (χ1v) is 6.14. The van der Waals surface area contributed by atoms with Gasteiger partial charge in [-0.15, -0.1) is 0 Å². The minimum absolute atomic E-state index is 0.0643. The van der Waals surface area contributed by atoms with Crippen LogP contribution in [0.1, 0.15) is 17.3 Å². The van der Waals surface area contributed by atoms with Crippen LogP contribution >= 0.6 is 15.9 Å². The first-order chi connectivity index (χ1) is 7.91. The molecule has 0 spiro atoms. The average Bonchev–Trinajstić information content (AvgIpc) is 2.25. The van der Waals surface area contributed by atoms with E-state index >= 15 is 0 Å². The molecule has 1 amide bonds. The van der Waals surface area contributed by atoms with Crippen LogP contribution < -0.4 is 5.32 Å². The molecule has 4 nitrogen and oxygen atoms in total. The number of nitrogens with zero attached hydrogens (tertiary/aromatic N) is 1. The lowest BCUT2D eigenvalue weighted by Crippen LogP contribution is -2.24. The zero-order valence-electron chi connectivity index (χ0n) is 10.2. The van der Waals surface area contributed by atoms with Crippen molar-refractivity contribution < 1.29 is 9.90 Å². The van der Waals surface area contributed by atoms with Gasteiger partial charge in [-0.2, -0.15) is 0 Å². The van der Waals surface area contributed by atoms with Crippen LogP contribution in [-0.4, -0.2) is 42.7 Å². The van der Waals surface area contributed by atoms with E-state index in [0.29, 0.717) is 12.1 Å². The summed E-state index contributed by atoms with van der Waals surface area (Å²) in [4.78, 5) is 13.5. The number of hydrogen-bond donors (Lipinski definition) is 2. The normalized spacial score (nSPS) is 12.1. The Balaban J connectivity index is 2.99. The number of carbonyl (C=O) groups is 1. The van der Waals surface area contributed by atoms with E-state index in [0.717, 1.165) is 10.2 Å². The van der Waals surface area contributed by atoms with E-state index in [9.17, 15) is 9.90 Å².